The topological polar surface area (TPSA) is 75.1 Å². The summed E-state index contributed by atoms with van der Waals surface area (Å²) >= 11 is 8.20. The lowest BCUT2D eigenvalue weighted by atomic mass is 10.1. The zero-order valence-electron chi connectivity index (χ0n) is 19.6. The number of aliphatic hydroxyl groups excluding tert-OH is 1. The molecule has 0 radical (unpaired) electrons. The first kappa shape index (κ1) is 24.9. The molecule has 0 saturated carbocycles. The van der Waals surface area contributed by atoms with E-state index >= 15 is 0 Å². The lowest BCUT2D eigenvalue weighted by molar-refractivity contribution is 0.271. The number of aliphatic hydroxyl groups is 1. The smallest absolute Gasteiger partial charge is 0.160 e. The van der Waals surface area contributed by atoms with Gasteiger partial charge in [-0.05, 0) is 56.0 Å². The molecule has 34 heavy (non-hydrogen) atoms. The molecule has 0 aliphatic carbocycles. The maximum atomic E-state index is 13.1. The number of aromatic nitrogens is 2. The summed E-state index contributed by atoms with van der Waals surface area (Å²) in [7, 11) is -1.30. The van der Waals surface area contributed by atoms with Crippen LogP contribution in [0.3, 0.4) is 0 Å². The van der Waals surface area contributed by atoms with E-state index in [0.717, 1.165) is 31.8 Å². The average Bonchev–Trinajstić information content (AvgIpc) is 3.26. The highest BCUT2D eigenvalue weighted by atomic mass is 35.5. The first-order valence-electron chi connectivity index (χ1n) is 11.1. The van der Waals surface area contributed by atoms with Crippen LogP contribution in [0.5, 0.6) is 0 Å². The second-order valence-corrected chi connectivity index (χ2v) is 12.7. The molecule has 0 spiro atoms. The lowest BCUT2D eigenvalue weighted by Gasteiger charge is -2.24. The number of nitrogens with zero attached hydrogens (tertiary/aromatic N) is 2. The van der Waals surface area contributed by atoms with Crippen LogP contribution in [-0.4, -0.2) is 30.6 Å². The third-order valence-electron chi connectivity index (χ3n) is 5.54. The number of hydrogen-bond donors (Lipinski definition) is 2. The minimum Gasteiger partial charge on any atom is -0.396 e. The average molecular weight is 514 g/mol. The molecule has 0 aliphatic heterocycles. The van der Waals surface area contributed by atoms with Gasteiger partial charge in [-0.1, -0.05) is 48.9 Å². The highest BCUT2D eigenvalue weighted by Crippen LogP contribution is 2.40. The number of fused-ring (bicyclic) bond motifs is 1. The summed E-state index contributed by atoms with van der Waals surface area (Å²) < 4.78 is 17.0. The van der Waals surface area contributed by atoms with Gasteiger partial charge in [0.15, 0.2) is 5.82 Å². The van der Waals surface area contributed by atoms with Gasteiger partial charge < -0.3 is 5.11 Å². The van der Waals surface area contributed by atoms with Crippen LogP contribution in [-0.2, 0) is 11.0 Å². The van der Waals surface area contributed by atoms with Crippen molar-refractivity contribution in [3.05, 3.63) is 82.0 Å². The Bertz CT molecular complexity index is 1330. The van der Waals surface area contributed by atoms with Crippen LogP contribution in [0.1, 0.15) is 55.8 Å². The molecule has 0 aliphatic rings. The minimum atomic E-state index is -1.30. The summed E-state index contributed by atoms with van der Waals surface area (Å²) in [5.74, 6) is 0.554. The maximum Gasteiger partial charge on any atom is 0.160 e. The summed E-state index contributed by atoms with van der Waals surface area (Å²) in [4.78, 5) is 10.2. The molecule has 3 atom stereocenters. The van der Waals surface area contributed by atoms with Gasteiger partial charge in [0.1, 0.15) is 0 Å². The highest BCUT2D eigenvalue weighted by Gasteiger charge is 2.27. The van der Waals surface area contributed by atoms with Crippen molar-refractivity contribution in [2.45, 2.75) is 44.4 Å². The van der Waals surface area contributed by atoms with Gasteiger partial charge in [0, 0.05) is 38.0 Å². The summed E-state index contributed by atoms with van der Waals surface area (Å²) in [6.07, 6.45) is 1.73. The van der Waals surface area contributed by atoms with Crippen LogP contribution in [0.4, 0.5) is 0 Å². The van der Waals surface area contributed by atoms with Gasteiger partial charge in [0.25, 0.3) is 0 Å². The van der Waals surface area contributed by atoms with E-state index in [0.29, 0.717) is 10.8 Å². The van der Waals surface area contributed by atoms with Gasteiger partial charge >= 0.3 is 0 Å². The number of halogens is 1. The van der Waals surface area contributed by atoms with Crippen LogP contribution >= 0.6 is 22.9 Å². The second kappa shape index (κ2) is 10.2. The van der Waals surface area contributed by atoms with Crippen molar-refractivity contribution in [3.63, 3.8) is 0 Å². The Kier molecular flexibility index (Phi) is 7.50. The second-order valence-electron chi connectivity index (χ2n) is 9.21. The van der Waals surface area contributed by atoms with Crippen molar-refractivity contribution in [2.75, 3.05) is 6.61 Å². The molecule has 2 aromatic carbocycles. The predicted octanol–water partition coefficient (Wildman–Crippen LogP) is 6.25. The van der Waals surface area contributed by atoms with E-state index in [4.69, 9.17) is 16.6 Å². The number of thiophene rings is 1. The Labute approximate surface area is 211 Å². The van der Waals surface area contributed by atoms with E-state index < -0.39 is 15.7 Å². The number of rotatable bonds is 7. The Morgan fingerprint density at radius 2 is 1.91 bits per heavy atom. The molecular weight excluding hydrogens is 486 g/mol. The molecule has 4 aromatic rings. The zero-order valence-corrected chi connectivity index (χ0v) is 22.0. The van der Waals surface area contributed by atoms with Gasteiger partial charge in [0.2, 0.25) is 0 Å². The van der Waals surface area contributed by atoms with Crippen molar-refractivity contribution >= 4 is 44.0 Å². The van der Waals surface area contributed by atoms with Crippen LogP contribution < -0.4 is 4.72 Å². The first-order chi connectivity index (χ1) is 16.2. The molecule has 5 nitrogen and oxygen atoms in total. The lowest BCUT2D eigenvalue weighted by Crippen LogP contribution is -2.36. The molecule has 2 aromatic heterocycles. The standard InChI is InChI=1S/C26H28ClN3O2S2/c1-16(15-31)21-12-13-28-25(29-21)19-10-7-8-17-14-22(33-24(17)19)23(30-34(32)26(2,3)4)18-9-5-6-11-20(18)27/h5-14,16,23,30-31H,15H2,1-4H3. The van der Waals surface area contributed by atoms with Gasteiger partial charge in [-0.15, -0.1) is 11.3 Å². The molecule has 2 heterocycles. The van der Waals surface area contributed by atoms with Crippen LogP contribution in [0.25, 0.3) is 21.5 Å². The molecule has 8 heteroatoms. The van der Waals surface area contributed by atoms with Crippen LogP contribution in [0.2, 0.25) is 5.02 Å². The van der Waals surface area contributed by atoms with E-state index in [-0.39, 0.29) is 18.6 Å². The Hall–Kier alpha value is -2.16. The molecule has 3 unspecified atom stereocenters. The molecule has 4 rings (SSSR count). The third kappa shape index (κ3) is 5.24. The summed E-state index contributed by atoms with van der Waals surface area (Å²) in [6, 6.07) is 17.3. The monoisotopic (exact) mass is 513 g/mol. The number of nitrogens with one attached hydrogen (secondary N) is 1. The SMILES string of the molecule is CC(CO)c1ccnc(-c2cccc3cc(C(NS(=O)C(C)(C)C)c4ccccc4Cl)sc23)n1. The Morgan fingerprint density at radius 1 is 1.15 bits per heavy atom. The van der Waals surface area contributed by atoms with Crippen molar-refractivity contribution in [2.24, 2.45) is 0 Å². The molecule has 178 valence electrons. The van der Waals surface area contributed by atoms with Crippen LogP contribution in [0, 0.1) is 0 Å². The van der Waals surface area contributed by atoms with E-state index in [1.54, 1.807) is 17.5 Å². The van der Waals surface area contributed by atoms with Crippen LogP contribution in [0.15, 0.2) is 60.8 Å². The Morgan fingerprint density at radius 3 is 2.62 bits per heavy atom. The van der Waals surface area contributed by atoms with Crippen molar-refractivity contribution < 1.29 is 9.32 Å². The normalized spacial score (nSPS) is 14.8. The van der Waals surface area contributed by atoms with Gasteiger partial charge in [-0.2, -0.15) is 0 Å². The fourth-order valence-corrected chi connectivity index (χ4v) is 5.92. The van der Waals surface area contributed by atoms with Gasteiger partial charge in [-0.3, -0.25) is 0 Å². The van der Waals surface area contributed by atoms with Crippen molar-refractivity contribution in [1.82, 2.24) is 14.7 Å². The van der Waals surface area contributed by atoms with E-state index in [2.05, 4.69) is 21.8 Å². The molecule has 0 fully saturated rings. The van der Waals surface area contributed by atoms with Gasteiger partial charge in [-0.25, -0.2) is 18.9 Å². The molecule has 0 bridgehead atoms. The number of benzene rings is 2. The van der Waals surface area contributed by atoms with E-state index in [1.165, 1.54) is 0 Å². The van der Waals surface area contributed by atoms with E-state index in [1.807, 2.05) is 70.2 Å². The fourth-order valence-electron chi connectivity index (χ4n) is 3.54. The third-order valence-corrected chi connectivity index (χ3v) is 8.70. The largest absolute Gasteiger partial charge is 0.396 e. The molecule has 2 N–H and O–H groups in total. The number of hydrogen-bond acceptors (Lipinski definition) is 5. The molecular formula is C26H28ClN3O2S2. The summed E-state index contributed by atoms with van der Waals surface area (Å²) in [5.41, 5.74) is 2.61. The van der Waals surface area contributed by atoms with Crippen molar-refractivity contribution in [3.8, 4) is 11.4 Å². The van der Waals surface area contributed by atoms with Crippen molar-refractivity contribution in [1.29, 1.82) is 0 Å². The summed E-state index contributed by atoms with van der Waals surface area (Å²) in [6.45, 7) is 7.80. The van der Waals surface area contributed by atoms with E-state index in [9.17, 15) is 9.32 Å². The summed E-state index contributed by atoms with van der Waals surface area (Å²) in [5, 5.41) is 11.2. The highest BCUT2D eigenvalue weighted by molar-refractivity contribution is 7.84. The fraction of sp³-hybridized carbons (Fsp3) is 0.308. The van der Waals surface area contributed by atoms with Gasteiger partial charge in [0.05, 0.1) is 28.4 Å². The predicted molar refractivity (Wildman–Crippen MR) is 143 cm³/mol. The molecule has 0 saturated heterocycles. The Balaban J connectivity index is 1.83. The first-order valence-corrected chi connectivity index (χ1v) is 13.4. The zero-order chi connectivity index (χ0) is 24.5. The minimum absolute atomic E-state index is 0.0277. The quantitative estimate of drug-likeness (QED) is 0.306. The molecule has 0 amide bonds. The maximum absolute atomic E-state index is 13.1.